The lowest BCUT2D eigenvalue weighted by atomic mass is 10.00. The molecule has 0 spiro atoms. The van der Waals surface area contributed by atoms with Crippen molar-refractivity contribution in [2.24, 2.45) is 5.73 Å². The summed E-state index contributed by atoms with van der Waals surface area (Å²) in [5.74, 6) is -0.165. The third kappa shape index (κ3) is 5.91. The molecule has 0 fully saturated rings. The van der Waals surface area contributed by atoms with E-state index in [0.717, 1.165) is 37.7 Å². The Hall–Kier alpha value is -0.830. The number of ether oxygens (including phenoxy) is 1. The largest absolute Gasteiger partial charge is 0.462 e. The topological polar surface area (TPSA) is 52.3 Å². The van der Waals surface area contributed by atoms with Crippen molar-refractivity contribution in [3.05, 3.63) is 11.1 Å². The molecule has 0 heterocycles. The number of hydrogen-bond acceptors (Lipinski definition) is 3. The molecule has 0 aromatic rings. The van der Waals surface area contributed by atoms with E-state index in [4.69, 9.17) is 10.5 Å². The van der Waals surface area contributed by atoms with Crippen LogP contribution in [0.1, 0.15) is 52.9 Å². The smallest absolute Gasteiger partial charge is 0.333 e. The maximum atomic E-state index is 11.7. The monoisotopic (exact) mass is 227 g/mol. The van der Waals surface area contributed by atoms with Crippen molar-refractivity contribution < 1.29 is 9.53 Å². The summed E-state index contributed by atoms with van der Waals surface area (Å²) in [6.07, 6.45) is 4.74. The van der Waals surface area contributed by atoms with Crippen molar-refractivity contribution in [1.82, 2.24) is 0 Å². The van der Waals surface area contributed by atoms with Crippen LogP contribution in [0.25, 0.3) is 0 Å². The predicted molar refractivity (Wildman–Crippen MR) is 67.1 cm³/mol. The van der Waals surface area contributed by atoms with Gasteiger partial charge in [-0.05, 0) is 39.2 Å². The van der Waals surface area contributed by atoms with Crippen molar-refractivity contribution in [3.8, 4) is 0 Å². The molecule has 16 heavy (non-hydrogen) atoms. The van der Waals surface area contributed by atoms with E-state index in [1.807, 2.05) is 13.8 Å². The van der Waals surface area contributed by atoms with E-state index >= 15 is 0 Å². The van der Waals surface area contributed by atoms with Gasteiger partial charge in [-0.1, -0.05) is 25.8 Å². The standard InChI is InChI=1S/C13H25NO2/c1-4-7-12(8-6-9-14)11(3)13(15)16-10-5-2/h4-10,14H2,1-3H3. The Morgan fingerprint density at radius 3 is 2.38 bits per heavy atom. The molecule has 0 aliphatic heterocycles. The maximum Gasteiger partial charge on any atom is 0.333 e. The highest BCUT2D eigenvalue weighted by Crippen LogP contribution is 2.18. The van der Waals surface area contributed by atoms with Gasteiger partial charge in [-0.25, -0.2) is 4.79 Å². The second kappa shape index (κ2) is 9.40. The normalized spacial score (nSPS) is 12.2. The summed E-state index contributed by atoms with van der Waals surface area (Å²) in [6, 6.07) is 0. The SMILES string of the molecule is CCCOC(=O)C(C)=C(CCC)CCCN. The first-order valence-corrected chi connectivity index (χ1v) is 6.23. The summed E-state index contributed by atoms with van der Waals surface area (Å²) in [5, 5.41) is 0. The molecular formula is C13H25NO2. The molecule has 0 aromatic carbocycles. The number of hydrogen-bond donors (Lipinski definition) is 1. The van der Waals surface area contributed by atoms with Gasteiger partial charge in [-0.15, -0.1) is 0 Å². The van der Waals surface area contributed by atoms with Crippen LogP contribution in [0.2, 0.25) is 0 Å². The number of rotatable bonds is 8. The average Bonchev–Trinajstić information content (AvgIpc) is 2.30. The summed E-state index contributed by atoms with van der Waals surface area (Å²) >= 11 is 0. The molecule has 0 aromatic heterocycles. The van der Waals surface area contributed by atoms with Gasteiger partial charge >= 0.3 is 5.97 Å². The van der Waals surface area contributed by atoms with Crippen LogP contribution in [-0.4, -0.2) is 19.1 Å². The van der Waals surface area contributed by atoms with Crippen molar-refractivity contribution in [2.45, 2.75) is 52.9 Å². The van der Waals surface area contributed by atoms with Crippen molar-refractivity contribution >= 4 is 5.97 Å². The van der Waals surface area contributed by atoms with E-state index < -0.39 is 0 Å². The minimum absolute atomic E-state index is 0.165. The highest BCUT2D eigenvalue weighted by atomic mass is 16.5. The molecule has 0 saturated heterocycles. The number of allylic oxidation sites excluding steroid dienone is 1. The molecule has 0 aliphatic rings. The number of nitrogens with two attached hydrogens (primary N) is 1. The minimum atomic E-state index is -0.165. The van der Waals surface area contributed by atoms with Gasteiger partial charge in [0, 0.05) is 5.57 Å². The zero-order chi connectivity index (χ0) is 12.4. The molecule has 3 heteroatoms. The molecule has 0 unspecified atom stereocenters. The van der Waals surface area contributed by atoms with Gasteiger partial charge in [0.05, 0.1) is 6.61 Å². The third-order valence-electron chi connectivity index (χ3n) is 2.51. The number of carbonyl (C=O) groups excluding carboxylic acids is 1. The van der Waals surface area contributed by atoms with Crippen molar-refractivity contribution in [2.75, 3.05) is 13.2 Å². The zero-order valence-corrected chi connectivity index (χ0v) is 10.8. The minimum Gasteiger partial charge on any atom is -0.462 e. The molecule has 3 nitrogen and oxygen atoms in total. The fourth-order valence-electron chi connectivity index (χ4n) is 1.56. The second-order valence-corrected chi connectivity index (χ2v) is 4.01. The van der Waals surface area contributed by atoms with Crippen LogP contribution in [0, 0.1) is 0 Å². The predicted octanol–water partition coefficient (Wildman–Crippen LogP) is 2.80. The number of esters is 1. The van der Waals surface area contributed by atoms with Gasteiger partial charge < -0.3 is 10.5 Å². The second-order valence-electron chi connectivity index (χ2n) is 4.01. The van der Waals surface area contributed by atoms with E-state index in [2.05, 4.69) is 6.92 Å². The summed E-state index contributed by atoms with van der Waals surface area (Å²) in [5.41, 5.74) is 7.47. The molecule has 0 amide bonds. The quantitative estimate of drug-likeness (QED) is 0.512. The Bertz CT molecular complexity index is 234. The Morgan fingerprint density at radius 2 is 1.88 bits per heavy atom. The first-order valence-electron chi connectivity index (χ1n) is 6.23. The summed E-state index contributed by atoms with van der Waals surface area (Å²) in [4.78, 5) is 11.7. The van der Waals surface area contributed by atoms with Crippen LogP contribution >= 0.6 is 0 Å². The van der Waals surface area contributed by atoms with Crippen LogP contribution < -0.4 is 5.73 Å². The van der Waals surface area contributed by atoms with Gasteiger partial charge in [0.15, 0.2) is 0 Å². The molecule has 0 bridgehead atoms. The highest BCUT2D eigenvalue weighted by Gasteiger charge is 2.11. The van der Waals surface area contributed by atoms with Gasteiger partial charge in [-0.3, -0.25) is 0 Å². The van der Waals surface area contributed by atoms with Crippen molar-refractivity contribution in [3.63, 3.8) is 0 Å². The lowest BCUT2D eigenvalue weighted by Crippen LogP contribution is -2.10. The van der Waals surface area contributed by atoms with Gasteiger partial charge in [-0.2, -0.15) is 0 Å². The van der Waals surface area contributed by atoms with E-state index in [-0.39, 0.29) is 5.97 Å². The Labute approximate surface area is 99.0 Å². The van der Waals surface area contributed by atoms with Crippen LogP contribution in [0.5, 0.6) is 0 Å². The number of carbonyl (C=O) groups is 1. The lowest BCUT2D eigenvalue weighted by Gasteiger charge is -2.10. The molecule has 2 N–H and O–H groups in total. The average molecular weight is 227 g/mol. The third-order valence-corrected chi connectivity index (χ3v) is 2.51. The summed E-state index contributed by atoms with van der Waals surface area (Å²) in [6.45, 7) is 7.15. The van der Waals surface area contributed by atoms with Gasteiger partial charge in [0.25, 0.3) is 0 Å². The van der Waals surface area contributed by atoms with Gasteiger partial charge in [0.1, 0.15) is 0 Å². The van der Waals surface area contributed by atoms with E-state index in [0.29, 0.717) is 13.2 Å². The van der Waals surface area contributed by atoms with Crippen LogP contribution in [0.3, 0.4) is 0 Å². The molecule has 0 aliphatic carbocycles. The maximum absolute atomic E-state index is 11.7. The molecule has 94 valence electrons. The van der Waals surface area contributed by atoms with Gasteiger partial charge in [0.2, 0.25) is 0 Å². The Balaban J connectivity index is 4.46. The molecule has 0 saturated carbocycles. The molecular weight excluding hydrogens is 202 g/mol. The van der Waals surface area contributed by atoms with Crippen LogP contribution in [-0.2, 0) is 9.53 Å². The Morgan fingerprint density at radius 1 is 1.19 bits per heavy atom. The van der Waals surface area contributed by atoms with E-state index in [9.17, 15) is 4.79 Å². The lowest BCUT2D eigenvalue weighted by molar-refractivity contribution is -0.139. The fourth-order valence-corrected chi connectivity index (χ4v) is 1.56. The Kier molecular flexibility index (Phi) is 8.91. The fraction of sp³-hybridized carbons (Fsp3) is 0.769. The van der Waals surface area contributed by atoms with Crippen molar-refractivity contribution in [1.29, 1.82) is 0 Å². The first kappa shape index (κ1) is 15.2. The zero-order valence-electron chi connectivity index (χ0n) is 10.8. The molecule has 0 rings (SSSR count). The van der Waals surface area contributed by atoms with Crippen LogP contribution in [0.4, 0.5) is 0 Å². The highest BCUT2D eigenvalue weighted by molar-refractivity contribution is 5.88. The van der Waals surface area contributed by atoms with E-state index in [1.54, 1.807) is 0 Å². The summed E-state index contributed by atoms with van der Waals surface area (Å²) < 4.78 is 5.13. The van der Waals surface area contributed by atoms with Crippen LogP contribution in [0.15, 0.2) is 11.1 Å². The van der Waals surface area contributed by atoms with E-state index in [1.165, 1.54) is 5.57 Å². The first-order chi connectivity index (χ1) is 7.67. The molecule has 0 atom stereocenters. The summed E-state index contributed by atoms with van der Waals surface area (Å²) in [7, 11) is 0. The molecule has 0 radical (unpaired) electrons.